The highest BCUT2D eigenvalue weighted by Gasteiger charge is 2.18. The Kier molecular flexibility index (Phi) is 4.99. The molecule has 0 atom stereocenters. The summed E-state index contributed by atoms with van der Waals surface area (Å²) in [4.78, 5) is 16.9. The summed E-state index contributed by atoms with van der Waals surface area (Å²) < 4.78 is 3.10. The summed E-state index contributed by atoms with van der Waals surface area (Å²) in [6.07, 6.45) is 9.96. The van der Waals surface area contributed by atoms with E-state index in [4.69, 9.17) is 11.6 Å². The predicted molar refractivity (Wildman–Crippen MR) is 102 cm³/mol. The number of amides is 1. The lowest BCUT2D eigenvalue weighted by atomic mass is 10.3. The Hall–Kier alpha value is -3.19. The maximum Gasteiger partial charge on any atom is 0.262 e. The lowest BCUT2D eigenvalue weighted by Gasteiger charge is -2.10. The van der Waals surface area contributed by atoms with Crippen molar-refractivity contribution in [3.8, 4) is 0 Å². The number of halogens is 1. The van der Waals surface area contributed by atoms with E-state index in [1.165, 1.54) is 16.8 Å². The third kappa shape index (κ3) is 3.29. The van der Waals surface area contributed by atoms with Gasteiger partial charge in [0.05, 0.1) is 22.6 Å². The summed E-state index contributed by atoms with van der Waals surface area (Å²) in [6, 6.07) is 3.50. The van der Waals surface area contributed by atoms with Crippen molar-refractivity contribution in [1.29, 1.82) is 0 Å². The third-order valence-electron chi connectivity index (χ3n) is 3.57. The molecule has 3 heterocycles. The minimum absolute atomic E-state index is 0.339. The molecule has 3 aromatic rings. The van der Waals surface area contributed by atoms with Gasteiger partial charge in [-0.25, -0.2) is 14.2 Å². The first-order valence-corrected chi connectivity index (χ1v) is 8.24. The molecular formula is C18H17ClN6O. The molecule has 3 rings (SSSR count). The first-order chi connectivity index (χ1) is 12.5. The molecule has 0 aliphatic rings. The highest BCUT2D eigenvalue weighted by Crippen LogP contribution is 2.23. The summed E-state index contributed by atoms with van der Waals surface area (Å²) in [5, 5.41) is 11.8. The van der Waals surface area contributed by atoms with Crippen LogP contribution in [0.4, 0.5) is 5.82 Å². The SMILES string of the molecule is C=CC(Cl)=C(C=CC)n1nc(C)cc1NC(=O)c1cnn2cccnc12. The Labute approximate surface area is 155 Å². The van der Waals surface area contributed by atoms with Crippen molar-refractivity contribution in [1.82, 2.24) is 24.4 Å². The molecule has 132 valence electrons. The third-order valence-corrected chi connectivity index (χ3v) is 3.92. The number of nitrogens with one attached hydrogen (secondary N) is 1. The van der Waals surface area contributed by atoms with Gasteiger partial charge >= 0.3 is 0 Å². The van der Waals surface area contributed by atoms with Crippen molar-refractivity contribution in [2.75, 3.05) is 5.32 Å². The van der Waals surface area contributed by atoms with E-state index < -0.39 is 0 Å². The number of hydrogen-bond acceptors (Lipinski definition) is 4. The Morgan fingerprint density at radius 3 is 2.96 bits per heavy atom. The van der Waals surface area contributed by atoms with E-state index in [0.29, 0.717) is 27.8 Å². The fraction of sp³-hybridized carbons (Fsp3) is 0.111. The van der Waals surface area contributed by atoms with Crippen LogP contribution in [-0.4, -0.2) is 30.3 Å². The van der Waals surface area contributed by atoms with Gasteiger partial charge in [0.15, 0.2) is 5.65 Å². The van der Waals surface area contributed by atoms with Gasteiger partial charge in [-0.15, -0.1) is 0 Å². The largest absolute Gasteiger partial charge is 0.306 e. The van der Waals surface area contributed by atoms with E-state index in [9.17, 15) is 4.79 Å². The van der Waals surface area contributed by atoms with Crippen LogP contribution in [0.5, 0.6) is 0 Å². The molecule has 8 heteroatoms. The Morgan fingerprint density at radius 1 is 1.42 bits per heavy atom. The second-order valence-electron chi connectivity index (χ2n) is 5.42. The molecule has 0 saturated heterocycles. The number of hydrogen-bond donors (Lipinski definition) is 1. The first kappa shape index (κ1) is 17.6. The lowest BCUT2D eigenvalue weighted by molar-refractivity contribution is 0.102. The van der Waals surface area contributed by atoms with E-state index in [-0.39, 0.29) is 5.91 Å². The Morgan fingerprint density at radius 2 is 2.23 bits per heavy atom. The van der Waals surface area contributed by atoms with Crippen molar-refractivity contribution in [3.63, 3.8) is 0 Å². The van der Waals surface area contributed by atoms with Crippen LogP contribution in [0.15, 0.2) is 60.6 Å². The van der Waals surface area contributed by atoms with Gasteiger partial charge in [-0.2, -0.15) is 10.2 Å². The average Bonchev–Trinajstić information content (AvgIpc) is 3.22. The van der Waals surface area contributed by atoms with Gasteiger partial charge < -0.3 is 5.32 Å². The molecule has 7 nitrogen and oxygen atoms in total. The van der Waals surface area contributed by atoms with Crippen molar-refractivity contribution in [2.45, 2.75) is 13.8 Å². The fourth-order valence-electron chi connectivity index (χ4n) is 2.46. The van der Waals surface area contributed by atoms with Crippen LogP contribution in [-0.2, 0) is 0 Å². The molecular weight excluding hydrogens is 352 g/mol. The predicted octanol–water partition coefficient (Wildman–Crippen LogP) is 3.66. The molecule has 0 saturated carbocycles. The molecule has 0 aromatic carbocycles. The highest BCUT2D eigenvalue weighted by atomic mass is 35.5. The maximum absolute atomic E-state index is 12.7. The standard InChI is InChI=1S/C18H17ClN6O/c1-4-7-15(14(19)5-2)25-16(10-12(3)23-25)22-18(26)13-11-21-24-9-6-8-20-17(13)24/h4-11H,2H2,1,3H3,(H,22,26). The van der Waals surface area contributed by atoms with Crippen LogP contribution in [0, 0.1) is 6.92 Å². The number of rotatable bonds is 5. The topological polar surface area (TPSA) is 77.1 Å². The van der Waals surface area contributed by atoms with Crippen molar-refractivity contribution >= 4 is 34.7 Å². The highest BCUT2D eigenvalue weighted by molar-refractivity contribution is 6.34. The van der Waals surface area contributed by atoms with Crippen molar-refractivity contribution in [3.05, 3.63) is 71.8 Å². The number of anilines is 1. The summed E-state index contributed by atoms with van der Waals surface area (Å²) in [5.41, 5.74) is 2.17. The zero-order chi connectivity index (χ0) is 18.7. The van der Waals surface area contributed by atoms with Crippen molar-refractivity contribution < 1.29 is 4.79 Å². The fourth-order valence-corrected chi connectivity index (χ4v) is 2.60. The zero-order valence-corrected chi connectivity index (χ0v) is 15.1. The summed E-state index contributed by atoms with van der Waals surface area (Å²) >= 11 is 6.25. The van der Waals surface area contributed by atoms with Crippen LogP contribution in [0.1, 0.15) is 23.0 Å². The molecule has 26 heavy (non-hydrogen) atoms. The molecule has 0 fully saturated rings. The maximum atomic E-state index is 12.7. The molecule has 1 N–H and O–H groups in total. The Balaban J connectivity index is 2.01. The lowest BCUT2D eigenvalue weighted by Crippen LogP contribution is -2.15. The molecule has 0 bridgehead atoms. The van der Waals surface area contributed by atoms with Gasteiger partial charge in [-0.3, -0.25) is 4.79 Å². The molecule has 3 aromatic heterocycles. The monoisotopic (exact) mass is 368 g/mol. The number of carbonyl (C=O) groups is 1. The minimum Gasteiger partial charge on any atom is -0.306 e. The summed E-state index contributed by atoms with van der Waals surface area (Å²) in [6.45, 7) is 7.39. The van der Waals surface area contributed by atoms with Crippen LogP contribution in [0.2, 0.25) is 0 Å². The van der Waals surface area contributed by atoms with E-state index in [2.05, 4.69) is 27.1 Å². The smallest absolute Gasteiger partial charge is 0.262 e. The van der Waals surface area contributed by atoms with E-state index in [1.54, 1.807) is 35.3 Å². The number of allylic oxidation sites excluding steroid dienone is 5. The molecule has 0 aliphatic heterocycles. The molecule has 0 aliphatic carbocycles. The van der Waals surface area contributed by atoms with Crippen LogP contribution < -0.4 is 5.32 Å². The van der Waals surface area contributed by atoms with Gasteiger partial charge in [0.25, 0.3) is 5.91 Å². The quantitative estimate of drug-likeness (QED) is 0.697. The number of aromatic nitrogens is 5. The Bertz CT molecular complexity index is 1040. The number of fused-ring (bicyclic) bond motifs is 1. The van der Waals surface area contributed by atoms with Crippen LogP contribution >= 0.6 is 11.6 Å². The molecule has 0 radical (unpaired) electrons. The second-order valence-corrected chi connectivity index (χ2v) is 5.83. The normalized spacial score (nSPS) is 12.4. The number of carbonyl (C=O) groups excluding carboxylic acids is 1. The van der Waals surface area contributed by atoms with Crippen LogP contribution in [0.25, 0.3) is 11.3 Å². The van der Waals surface area contributed by atoms with Gasteiger partial charge in [-0.1, -0.05) is 24.3 Å². The van der Waals surface area contributed by atoms with E-state index in [0.717, 1.165) is 5.69 Å². The van der Waals surface area contributed by atoms with Gasteiger partial charge in [-0.05, 0) is 32.1 Å². The average molecular weight is 369 g/mol. The van der Waals surface area contributed by atoms with E-state index in [1.807, 2.05) is 19.9 Å². The minimum atomic E-state index is -0.339. The summed E-state index contributed by atoms with van der Waals surface area (Å²) in [7, 11) is 0. The summed E-state index contributed by atoms with van der Waals surface area (Å²) in [5.74, 6) is 0.144. The van der Waals surface area contributed by atoms with Crippen molar-refractivity contribution in [2.24, 2.45) is 0 Å². The number of aryl methyl sites for hydroxylation is 1. The molecule has 1 amide bonds. The second kappa shape index (κ2) is 7.37. The molecule has 0 unspecified atom stereocenters. The molecule has 0 spiro atoms. The first-order valence-electron chi connectivity index (χ1n) is 7.86. The number of nitrogens with zero attached hydrogens (tertiary/aromatic N) is 5. The van der Waals surface area contributed by atoms with Crippen LogP contribution in [0.3, 0.4) is 0 Å². The van der Waals surface area contributed by atoms with Gasteiger partial charge in [0.1, 0.15) is 11.4 Å². The van der Waals surface area contributed by atoms with Gasteiger partial charge in [0, 0.05) is 18.5 Å². The van der Waals surface area contributed by atoms with Gasteiger partial charge in [0.2, 0.25) is 0 Å². The van der Waals surface area contributed by atoms with E-state index >= 15 is 0 Å². The zero-order valence-electron chi connectivity index (χ0n) is 14.3.